The van der Waals surface area contributed by atoms with Crippen LogP contribution in [0.2, 0.25) is 0 Å². The average Bonchev–Trinajstić information content (AvgIpc) is 2.74. The van der Waals surface area contributed by atoms with E-state index in [4.69, 9.17) is 12.0 Å². The van der Waals surface area contributed by atoms with Crippen molar-refractivity contribution in [1.29, 1.82) is 5.41 Å². The highest BCUT2D eigenvalue weighted by atomic mass is 16.2. The predicted octanol–water partition coefficient (Wildman–Crippen LogP) is 4.35. The van der Waals surface area contributed by atoms with Crippen molar-refractivity contribution in [3.63, 3.8) is 0 Å². The standard InChI is InChI=1S/C23H18N4O2/c1-25-21(23(29)27-20-14-8-4-9-15-20)16-10-2-5-11-18(17-24)22(28)26-19-12-6-3-7-13-19/h2-16,24H,(H,26,28)(H,27,29). The first-order chi connectivity index (χ1) is 14.1. The van der Waals surface area contributed by atoms with Crippen LogP contribution in [0.4, 0.5) is 11.4 Å². The maximum absolute atomic E-state index is 12.1. The second-order valence-corrected chi connectivity index (χ2v) is 5.59. The highest BCUT2D eigenvalue weighted by Crippen LogP contribution is 2.09. The van der Waals surface area contributed by atoms with Crippen molar-refractivity contribution < 1.29 is 9.59 Å². The van der Waals surface area contributed by atoms with Crippen molar-refractivity contribution in [2.45, 2.75) is 0 Å². The van der Waals surface area contributed by atoms with Crippen LogP contribution < -0.4 is 10.6 Å². The van der Waals surface area contributed by atoms with Crippen molar-refractivity contribution in [3.05, 3.63) is 114 Å². The van der Waals surface area contributed by atoms with Gasteiger partial charge in [-0.1, -0.05) is 60.7 Å². The number of nitrogens with zero attached hydrogens (tertiary/aromatic N) is 1. The van der Waals surface area contributed by atoms with Gasteiger partial charge in [0.05, 0.1) is 6.57 Å². The fraction of sp³-hybridized carbons (Fsp3) is 0. The van der Waals surface area contributed by atoms with Gasteiger partial charge in [0.1, 0.15) is 5.57 Å². The quantitative estimate of drug-likeness (QED) is 0.288. The van der Waals surface area contributed by atoms with E-state index in [1.165, 1.54) is 24.3 Å². The molecule has 2 aromatic rings. The third-order valence-corrected chi connectivity index (χ3v) is 3.53. The minimum atomic E-state index is -0.512. The summed E-state index contributed by atoms with van der Waals surface area (Å²) in [7, 11) is 0. The summed E-state index contributed by atoms with van der Waals surface area (Å²) in [6.45, 7) is 7.15. The summed E-state index contributed by atoms with van der Waals surface area (Å²) in [6, 6.07) is 17.7. The molecule has 2 rings (SSSR count). The molecule has 0 bridgehead atoms. The van der Waals surface area contributed by atoms with E-state index in [0.717, 1.165) is 0 Å². The Labute approximate surface area is 168 Å². The predicted molar refractivity (Wildman–Crippen MR) is 114 cm³/mol. The van der Waals surface area contributed by atoms with Crippen molar-refractivity contribution in [1.82, 2.24) is 0 Å². The van der Waals surface area contributed by atoms with Crippen LogP contribution in [0.5, 0.6) is 0 Å². The number of carbonyl (C=O) groups is 2. The van der Waals surface area contributed by atoms with E-state index in [9.17, 15) is 9.59 Å². The molecule has 3 N–H and O–H groups in total. The fourth-order valence-corrected chi connectivity index (χ4v) is 2.14. The van der Waals surface area contributed by atoms with Crippen LogP contribution in [0.1, 0.15) is 0 Å². The topological polar surface area (TPSA) is 86.4 Å². The number of amides is 2. The van der Waals surface area contributed by atoms with Gasteiger partial charge < -0.3 is 10.6 Å². The summed E-state index contributed by atoms with van der Waals surface area (Å²) in [5.41, 5.74) is 1.17. The first-order valence-electron chi connectivity index (χ1n) is 8.59. The molecule has 0 aliphatic heterocycles. The van der Waals surface area contributed by atoms with Crippen molar-refractivity contribution in [2.75, 3.05) is 10.6 Å². The molecule has 2 amide bonds. The second-order valence-electron chi connectivity index (χ2n) is 5.59. The zero-order valence-electron chi connectivity index (χ0n) is 15.4. The number of rotatable bonds is 7. The molecule has 2 aromatic carbocycles. The molecule has 6 heteroatoms. The fourth-order valence-electron chi connectivity index (χ4n) is 2.14. The summed E-state index contributed by atoms with van der Waals surface area (Å²) >= 11 is 0. The SMILES string of the molecule is [C-]#[N+]C(=CC=CC=CC(=C=N)C(=O)Nc1ccccc1)C(=O)Nc1ccccc1. The van der Waals surface area contributed by atoms with Gasteiger partial charge in [-0.25, -0.2) is 4.85 Å². The number of nitrogens with one attached hydrogen (secondary N) is 3. The van der Waals surface area contributed by atoms with Crippen LogP contribution >= 0.6 is 0 Å². The molecule has 29 heavy (non-hydrogen) atoms. The van der Waals surface area contributed by atoms with Crippen LogP contribution in [0.25, 0.3) is 4.85 Å². The molecule has 0 fully saturated rings. The number of hydrogen-bond donors (Lipinski definition) is 3. The van der Waals surface area contributed by atoms with Gasteiger partial charge in [-0.15, -0.1) is 0 Å². The van der Waals surface area contributed by atoms with Crippen molar-refractivity contribution in [2.24, 2.45) is 0 Å². The number of allylic oxidation sites excluding steroid dienone is 4. The molecule has 0 saturated heterocycles. The Bertz CT molecular complexity index is 1040. The molecule has 0 aromatic heterocycles. The normalized spacial score (nSPS) is 10.9. The summed E-state index contributed by atoms with van der Waals surface area (Å²) in [4.78, 5) is 27.4. The van der Waals surface area contributed by atoms with Crippen molar-refractivity contribution >= 4 is 29.1 Å². The molecule has 0 atom stereocenters. The minimum absolute atomic E-state index is 0.0368. The minimum Gasteiger partial charge on any atom is -0.332 e. The van der Waals surface area contributed by atoms with Crippen LogP contribution in [-0.2, 0) is 9.59 Å². The molecule has 142 valence electrons. The molecular formula is C23H18N4O2. The third-order valence-electron chi connectivity index (χ3n) is 3.53. The van der Waals surface area contributed by atoms with Gasteiger partial charge in [0.2, 0.25) is 5.70 Å². The lowest BCUT2D eigenvalue weighted by molar-refractivity contribution is -0.113. The highest BCUT2D eigenvalue weighted by molar-refractivity contribution is 6.11. The van der Waals surface area contributed by atoms with Crippen molar-refractivity contribution in [3.8, 4) is 0 Å². The molecule has 0 radical (unpaired) electrons. The van der Waals surface area contributed by atoms with E-state index in [-0.39, 0.29) is 11.3 Å². The number of benzene rings is 2. The average molecular weight is 382 g/mol. The molecule has 0 spiro atoms. The van der Waals surface area contributed by atoms with Gasteiger partial charge >= 0.3 is 0 Å². The lowest BCUT2D eigenvalue weighted by Gasteiger charge is -2.03. The molecule has 0 unspecified atom stereocenters. The van der Waals surface area contributed by atoms with Gasteiger partial charge in [0.25, 0.3) is 11.8 Å². The Kier molecular flexibility index (Phi) is 8.12. The summed E-state index contributed by atoms with van der Waals surface area (Å²) in [5, 5.41) is 12.6. The van der Waals surface area contributed by atoms with Crippen LogP contribution in [0.3, 0.4) is 0 Å². The van der Waals surface area contributed by atoms with Crippen LogP contribution in [0.15, 0.2) is 102 Å². The Morgan fingerprint density at radius 3 is 1.93 bits per heavy atom. The zero-order chi connectivity index (χ0) is 20.9. The lowest BCUT2D eigenvalue weighted by Crippen LogP contribution is -2.13. The molecule has 0 heterocycles. The van der Waals surface area contributed by atoms with E-state index in [1.54, 1.807) is 54.6 Å². The molecule has 0 saturated carbocycles. The lowest BCUT2D eigenvalue weighted by atomic mass is 10.2. The second kappa shape index (κ2) is 11.3. The molecule has 0 aliphatic rings. The highest BCUT2D eigenvalue weighted by Gasteiger charge is 2.08. The third kappa shape index (κ3) is 6.99. The number of hydrogen-bond acceptors (Lipinski definition) is 3. The van der Waals surface area contributed by atoms with Crippen LogP contribution in [0, 0.1) is 12.0 Å². The van der Waals surface area contributed by atoms with Gasteiger partial charge in [-0.3, -0.25) is 15.0 Å². The van der Waals surface area contributed by atoms with Gasteiger partial charge in [-0.2, -0.15) is 0 Å². The summed E-state index contributed by atoms with van der Waals surface area (Å²) < 4.78 is 0. The number of anilines is 2. The van der Waals surface area contributed by atoms with Gasteiger partial charge in [0, 0.05) is 11.4 Å². The molecule has 6 nitrogen and oxygen atoms in total. The van der Waals surface area contributed by atoms with E-state index in [1.807, 2.05) is 12.1 Å². The summed E-state index contributed by atoms with van der Waals surface area (Å²) in [5.74, 6) is 1.11. The van der Waals surface area contributed by atoms with Gasteiger partial charge in [0.15, 0.2) is 0 Å². The number of para-hydroxylation sites is 2. The first-order valence-corrected chi connectivity index (χ1v) is 8.59. The van der Waals surface area contributed by atoms with E-state index < -0.39 is 11.8 Å². The first kappa shape index (κ1) is 20.8. The molecule has 0 aliphatic carbocycles. The van der Waals surface area contributed by atoms with E-state index in [0.29, 0.717) is 11.4 Å². The maximum Gasteiger partial charge on any atom is 0.265 e. The zero-order valence-corrected chi connectivity index (χ0v) is 15.4. The molecular weight excluding hydrogens is 364 g/mol. The van der Waals surface area contributed by atoms with E-state index in [2.05, 4.69) is 21.3 Å². The Balaban J connectivity index is 1.96. The Morgan fingerprint density at radius 1 is 0.862 bits per heavy atom. The monoisotopic (exact) mass is 382 g/mol. The Hall–Kier alpha value is -4.46. The summed E-state index contributed by atoms with van der Waals surface area (Å²) in [6.07, 6.45) is 7.36. The largest absolute Gasteiger partial charge is 0.332 e. The smallest absolute Gasteiger partial charge is 0.265 e. The maximum atomic E-state index is 12.1. The Morgan fingerprint density at radius 2 is 1.41 bits per heavy atom. The van der Waals surface area contributed by atoms with Gasteiger partial charge in [-0.05, 0) is 36.2 Å². The number of carbonyl (C=O) groups excluding carboxylic acids is 2. The van der Waals surface area contributed by atoms with E-state index >= 15 is 0 Å². The van der Waals surface area contributed by atoms with Crippen LogP contribution in [-0.4, -0.2) is 17.7 Å².